The highest BCUT2D eigenvalue weighted by molar-refractivity contribution is 9.10. The summed E-state index contributed by atoms with van der Waals surface area (Å²) in [5.74, 6) is -2.01. The minimum Gasteiger partial charge on any atom is -0.457 e. The number of rotatable bonds is 7. The molecule has 1 heterocycles. The summed E-state index contributed by atoms with van der Waals surface area (Å²) >= 11 is 3.36. The van der Waals surface area contributed by atoms with E-state index in [1.54, 1.807) is 38.1 Å². The second-order valence-corrected chi connectivity index (χ2v) is 18.7. The summed E-state index contributed by atoms with van der Waals surface area (Å²) in [6.45, 7) is 14.1. The summed E-state index contributed by atoms with van der Waals surface area (Å²) < 4.78 is 72.6. The number of halogens is 3. The molecule has 3 rings (SSSR count). The van der Waals surface area contributed by atoms with Crippen molar-refractivity contribution in [3.8, 4) is 0 Å². The van der Waals surface area contributed by atoms with Gasteiger partial charge in [-0.25, -0.2) is 17.2 Å². The van der Waals surface area contributed by atoms with E-state index in [-0.39, 0.29) is 29.7 Å². The van der Waals surface area contributed by atoms with Crippen LogP contribution >= 0.6 is 15.9 Å². The Kier molecular flexibility index (Phi) is 8.63. The number of amidine groups is 1. The molecule has 1 N–H and O–H groups in total. The summed E-state index contributed by atoms with van der Waals surface area (Å²) in [5, 5.41) is 1.85. The van der Waals surface area contributed by atoms with Gasteiger partial charge in [0.15, 0.2) is 20.0 Å². The van der Waals surface area contributed by atoms with Gasteiger partial charge in [-0.2, -0.15) is 0 Å². The molecule has 0 saturated heterocycles. The number of benzene rings is 2. The lowest BCUT2D eigenvalue weighted by molar-refractivity contribution is 0.0759. The number of nitrogens with one attached hydrogen (secondary N) is 1. The lowest BCUT2D eigenvalue weighted by Crippen LogP contribution is -2.48. The van der Waals surface area contributed by atoms with Gasteiger partial charge in [0.05, 0.1) is 6.04 Å². The third-order valence-electron chi connectivity index (χ3n) is 7.00. The summed E-state index contributed by atoms with van der Waals surface area (Å²) in [6.07, 6.45) is 0.242. The fourth-order valence-corrected chi connectivity index (χ4v) is 7.03. The first-order chi connectivity index (χ1) is 16.9. The van der Waals surface area contributed by atoms with Crippen LogP contribution in [-0.4, -0.2) is 35.0 Å². The van der Waals surface area contributed by atoms with Gasteiger partial charge in [-0.15, -0.1) is 4.40 Å². The van der Waals surface area contributed by atoms with Crippen molar-refractivity contribution in [3.63, 3.8) is 0 Å². The highest BCUT2D eigenvalue weighted by atomic mass is 79.9. The summed E-state index contributed by atoms with van der Waals surface area (Å²) in [4.78, 5) is 0. The molecule has 0 fully saturated rings. The second-order valence-electron chi connectivity index (χ2n) is 11.3. The molecule has 0 radical (unpaired) electrons. The van der Waals surface area contributed by atoms with Crippen LogP contribution in [0.2, 0.25) is 18.1 Å². The van der Waals surface area contributed by atoms with Gasteiger partial charge in [0, 0.05) is 16.6 Å². The predicted octanol–water partition coefficient (Wildman–Crippen LogP) is 7.01. The minimum absolute atomic E-state index is 0.0310. The Morgan fingerprint density at radius 3 is 2.35 bits per heavy atom. The molecule has 2 atom stereocenters. The fraction of sp³-hybridized carbons (Fsp3) is 0.500. The zero-order valence-electron chi connectivity index (χ0n) is 22.2. The van der Waals surface area contributed by atoms with Crippen LogP contribution in [0.4, 0.5) is 8.78 Å². The van der Waals surface area contributed by atoms with Crippen LogP contribution in [0.3, 0.4) is 0 Å². The van der Waals surface area contributed by atoms with Crippen molar-refractivity contribution >= 4 is 40.3 Å². The van der Waals surface area contributed by atoms with E-state index in [4.69, 9.17) is 9.16 Å². The lowest BCUT2D eigenvalue weighted by atomic mass is 9.97. The normalized spacial score (nSPS) is 20.1. The van der Waals surface area contributed by atoms with E-state index in [9.17, 15) is 17.2 Å². The molecule has 0 aliphatic carbocycles. The number of hydrogen-bond donors (Lipinski definition) is 1. The van der Waals surface area contributed by atoms with Gasteiger partial charge in [-0.3, -0.25) is 0 Å². The van der Waals surface area contributed by atoms with Crippen molar-refractivity contribution < 1.29 is 26.4 Å². The van der Waals surface area contributed by atoms with Gasteiger partial charge >= 0.3 is 6.02 Å². The van der Waals surface area contributed by atoms with Crippen molar-refractivity contribution in [2.24, 2.45) is 4.40 Å². The molecule has 1 aliphatic rings. The van der Waals surface area contributed by atoms with E-state index in [2.05, 4.69) is 59.5 Å². The number of hydrogen-bond acceptors (Lipinski definition) is 5. The Labute approximate surface area is 228 Å². The highest BCUT2D eigenvalue weighted by Gasteiger charge is 2.47. The Morgan fingerprint density at radius 1 is 1.16 bits per heavy atom. The Balaban J connectivity index is 1.93. The van der Waals surface area contributed by atoms with Crippen molar-refractivity contribution in [1.82, 2.24) is 5.32 Å². The Hall–Kier alpha value is -1.82. The van der Waals surface area contributed by atoms with Crippen molar-refractivity contribution in [2.45, 2.75) is 76.1 Å². The quantitative estimate of drug-likeness (QED) is 0.339. The Bertz CT molecular complexity index is 1260. The Morgan fingerprint density at radius 2 is 1.78 bits per heavy atom. The molecule has 0 saturated carbocycles. The standard InChI is InChI=1S/C26H35BrF2N2O4SSi/c1-25(2,3)37(6,7)34-16-15-21(19-9-8-10-20(28)22(19)29)30-24-31-36(32,33)23(26(4,5)35-24)17-11-13-18(27)14-12-17/h8-14,21,23H,15-16H2,1-7H3,(H,30,31). The number of nitrogens with zero attached hydrogens (tertiary/aromatic N) is 1. The molecule has 2 unspecified atom stereocenters. The highest BCUT2D eigenvalue weighted by Crippen LogP contribution is 2.41. The van der Waals surface area contributed by atoms with Crippen LogP contribution in [0.5, 0.6) is 0 Å². The average molecular weight is 618 g/mol. The SMILES string of the molecule is CC1(C)OC(NC(CCO[Si](C)(C)C(C)(C)C)c2cccc(F)c2F)=NS(=O)(=O)C1c1ccc(Br)cc1. The molecule has 1 aliphatic heterocycles. The maximum absolute atomic E-state index is 14.8. The van der Waals surface area contributed by atoms with Crippen LogP contribution < -0.4 is 5.32 Å². The lowest BCUT2D eigenvalue weighted by Gasteiger charge is -2.38. The van der Waals surface area contributed by atoms with Crippen LogP contribution in [0.25, 0.3) is 0 Å². The smallest absolute Gasteiger partial charge is 0.301 e. The maximum Gasteiger partial charge on any atom is 0.301 e. The minimum atomic E-state index is -4.06. The monoisotopic (exact) mass is 616 g/mol. The largest absolute Gasteiger partial charge is 0.457 e. The number of sulfonamides is 1. The van der Waals surface area contributed by atoms with Gasteiger partial charge < -0.3 is 14.5 Å². The van der Waals surface area contributed by atoms with Gasteiger partial charge in [-0.1, -0.05) is 61.0 Å². The van der Waals surface area contributed by atoms with Crippen molar-refractivity contribution in [2.75, 3.05) is 6.61 Å². The van der Waals surface area contributed by atoms with Crippen molar-refractivity contribution in [1.29, 1.82) is 0 Å². The molecular formula is C26H35BrF2N2O4SSi. The molecule has 11 heteroatoms. The zero-order valence-corrected chi connectivity index (χ0v) is 25.6. The van der Waals surface area contributed by atoms with Gasteiger partial charge in [-0.05, 0) is 62.2 Å². The van der Waals surface area contributed by atoms with Crippen LogP contribution in [0.15, 0.2) is 51.3 Å². The van der Waals surface area contributed by atoms with E-state index >= 15 is 0 Å². The first-order valence-corrected chi connectivity index (χ1v) is 17.3. The first-order valence-electron chi connectivity index (χ1n) is 12.1. The van der Waals surface area contributed by atoms with Crippen LogP contribution in [0.1, 0.15) is 63.5 Å². The molecule has 2 aromatic rings. The van der Waals surface area contributed by atoms with Crippen molar-refractivity contribution in [3.05, 3.63) is 69.7 Å². The van der Waals surface area contributed by atoms with E-state index < -0.39 is 46.9 Å². The van der Waals surface area contributed by atoms with Crippen LogP contribution in [-0.2, 0) is 19.2 Å². The molecule has 0 amide bonds. The molecular weight excluding hydrogens is 582 g/mol. The fourth-order valence-electron chi connectivity index (χ4n) is 4.01. The van der Waals surface area contributed by atoms with Gasteiger partial charge in [0.25, 0.3) is 10.0 Å². The third kappa shape index (κ3) is 6.79. The summed E-state index contributed by atoms with van der Waals surface area (Å²) in [5.41, 5.74) is -0.624. The zero-order chi connectivity index (χ0) is 27.8. The maximum atomic E-state index is 14.8. The number of ether oxygens (including phenoxy) is 1. The molecule has 6 nitrogen and oxygen atoms in total. The van der Waals surface area contributed by atoms with E-state index in [1.165, 1.54) is 12.1 Å². The van der Waals surface area contributed by atoms with E-state index in [0.717, 1.165) is 10.5 Å². The molecule has 37 heavy (non-hydrogen) atoms. The van der Waals surface area contributed by atoms with E-state index in [1.807, 2.05) is 0 Å². The molecule has 204 valence electrons. The average Bonchev–Trinajstić information content (AvgIpc) is 2.74. The molecule has 0 aromatic heterocycles. The van der Waals surface area contributed by atoms with E-state index in [0.29, 0.717) is 5.56 Å². The summed E-state index contributed by atoms with van der Waals surface area (Å²) in [6, 6.07) is 9.71. The first kappa shape index (κ1) is 29.7. The second kappa shape index (κ2) is 10.7. The van der Waals surface area contributed by atoms with Crippen LogP contribution in [0, 0.1) is 11.6 Å². The predicted molar refractivity (Wildman–Crippen MR) is 148 cm³/mol. The molecule has 0 spiro atoms. The molecule has 0 bridgehead atoms. The third-order valence-corrected chi connectivity index (χ3v) is 13.9. The van der Waals surface area contributed by atoms with Gasteiger partial charge in [0.2, 0.25) is 0 Å². The van der Waals surface area contributed by atoms with Gasteiger partial charge in [0.1, 0.15) is 10.9 Å². The topological polar surface area (TPSA) is 77.0 Å². The molecule has 2 aromatic carbocycles. The summed E-state index contributed by atoms with van der Waals surface area (Å²) in [7, 11) is -6.17.